The molecule has 0 fully saturated rings. The van der Waals surface area contributed by atoms with E-state index in [1.165, 1.54) is 12.1 Å². The molecule has 0 spiro atoms. The molecule has 0 saturated carbocycles. The quantitative estimate of drug-likeness (QED) is 0.840. The summed E-state index contributed by atoms with van der Waals surface area (Å²) < 4.78 is 11.7. The van der Waals surface area contributed by atoms with Crippen LogP contribution in [0.15, 0.2) is 46.6 Å². The molecular weight excluding hydrogens is 336 g/mol. The van der Waals surface area contributed by atoms with Crippen LogP contribution in [-0.2, 0) is 0 Å². The molecule has 0 saturated heterocycles. The van der Waals surface area contributed by atoms with Crippen LogP contribution < -0.4 is 9.47 Å². The van der Waals surface area contributed by atoms with Crippen LogP contribution in [0.25, 0.3) is 6.08 Å². The zero-order valence-corrected chi connectivity index (χ0v) is 12.7. The second kappa shape index (κ2) is 5.26. The molecule has 3 rings (SSSR count). The number of phenolic OH excluding ortho intramolecular Hbond substituents is 1. The topological polar surface area (TPSA) is 55.8 Å². The fourth-order valence-corrected chi connectivity index (χ4v) is 2.51. The third-order valence-electron chi connectivity index (χ3n) is 3.13. The van der Waals surface area contributed by atoms with Crippen molar-refractivity contribution < 1.29 is 19.4 Å². The summed E-state index contributed by atoms with van der Waals surface area (Å²) in [6.45, 7) is 0. The molecule has 0 atom stereocenters. The van der Waals surface area contributed by atoms with Gasteiger partial charge in [-0.3, -0.25) is 4.79 Å². The zero-order valence-electron chi connectivity index (χ0n) is 11.1. The molecule has 1 N–H and O–H groups in total. The van der Waals surface area contributed by atoms with Crippen molar-refractivity contribution in [1.29, 1.82) is 0 Å². The van der Waals surface area contributed by atoms with E-state index in [0.717, 1.165) is 10.0 Å². The number of ether oxygens (including phenoxy) is 2. The van der Waals surface area contributed by atoms with Gasteiger partial charge in [-0.2, -0.15) is 0 Å². The molecule has 0 unspecified atom stereocenters. The number of phenols is 1. The number of allylic oxidation sites excluding steroid dienone is 1. The number of halogens is 1. The number of carbonyl (C=O) groups is 1. The van der Waals surface area contributed by atoms with E-state index in [0.29, 0.717) is 17.1 Å². The fraction of sp³-hybridized carbons (Fsp3) is 0.0625. The lowest BCUT2D eigenvalue weighted by Crippen LogP contribution is -1.98. The molecule has 0 aromatic heterocycles. The van der Waals surface area contributed by atoms with E-state index in [9.17, 15) is 9.90 Å². The van der Waals surface area contributed by atoms with Crippen LogP contribution in [0, 0.1) is 0 Å². The molecule has 1 heterocycles. The second-order valence-corrected chi connectivity index (χ2v) is 5.42. The van der Waals surface area contributed by atoms with E-state index in [1.54, 1.807) is 25.3 Å². The number of hydrogen-bond acceptors (Lipinski definition) is 4. The van der Waals surface area contributed by atoms with Gasteiger partial charge in [0.1, 0.15) is 17.2 Å². The molecule has 0 amide bonds. The first-order valence-electron chi connectivity index (χ1n) is 6.19. The average Bonchev–Trinajstić information content (AvgIpc) is 2.75. The van der Waals surface area contributed by atoms with Gasteiger partial charge in [-0.25, -0.2) is 0 Å². The summed E-state index contributed by atoms with van der Waals surface area (Å²) in [6, 6.07) is 9.92. The predicted molar refractivity (Wildman–Crippen MR) is 81.7 cm³/mol. The molecule has 4 nitrogen and oxygen atoms in total. The zero-order chi connectivity index (χ0) is 15.0. The standard InChI is InChI=1S/C16H11BrO4/c1-20-13-5-2-10(17)6-9(13)7-15-16(19)12-4-3-11(18)8-14(12)21-15/h2-8,18H,1H3/b15-7+. The monoisotopic (exact) mass is 346 g/mol. The molecule has 0 radical (unpaired) electrons. The third kappa shape index (κ3) is 2.52. The summed E-state index contributed by atoms with van der Waals surface area (Å²) >= 11 is 3.38. The lowest BCUT2D eigenvalue weighted by atomic mass is 10.1. The molecule has 2 aromatic rings. The van der Waals surface area contributed by atoms with E-state index in [4.69, 9.17) is 9.47 Å². The minimum atomic E-state index is -0.216. The van der Waals surface area contributed by atoms with Gasteiger partial charge in [0.25, 0.3) is 0 Å². The Morgan fingerprint density at radius 3 is 2.81 bits per heavy atom. The maximum Gasteiger partial charge on any atom is 0.231 e. The van der Waals surface area contributed by atoms with Crippen LogP contribution in [0.1, 0.15) is 15.9 Å². The summed E-state index contributed by atoms with van der Waals surface area (Å²) in [5.41, 5.74) is 1.17. The number of ketones is 1. The number of rotatable bonds is 2. The van der Waals surface area contributed by atoms with Gasteiger partial charge < -0.3 is 14.6 Å². The molecule has 21 heavy (non-hydrogen) atoms. The number of carbonyl (C=O) groups excluding carboxylic acids is 1. The van der Waals surface area contributed by atoms with Crippen molar-refractivity contribution in [2.45, 2.75) is 0 Å². The summed E-state index contributed by atoms with van der Waals surface area (Å²) in [4.78, 5) is 12.3. The number of methoxy groups -OCH3 is 1. The van der Waals surface area contributed by atoms with Crippen LogP contribution in [0.4, 0.5) is 0 Å². The van der Waals surface area contributed by atoms with E-state index in [-0.39, 0.29) is 17.3 Å². The minimum Gasteiger partial charge on any atom is -0.508 e. The van der Waals surface area contributed by atoms with Crippen molar-refractivity contribution in [2.75, 3.05) is 7.11 Å². The molecule has 0 bridgehead atoms. The van der Waals surface area contributed by atoms with Crippen molar-refractivity contribution in [3.05, 3.63) is 57.8 Å². The van der Waals surface area contributed by atoms with E-state index >= 15 is 0 Å². The maximum absolute atomic E-state index is 12.3. The normalized spacial score (nSPS) is 15.0. The van der Waals surface area contributed by atoms with Gasteiger partial charge in [0.2, 0.25) is 5.78 Å². The molecule has 5 heteroatoms. The first-order chi connectivity index (χ1) is 10.1. The number of fused-ring (bicyclic) bond motifs is 1. The Morgan fingerprint density at radius 2 is 2.05 bits per heavy atom. The van der Waals surface area contributed by atoms with Crippen LogP contribution in [-0.4, -0.2) is 18.0 Å². The number of hydrogen-bond donors (Lipinski definition) is 1. The van der Waals surface area contributed by atoms with Crippen molar-refractivity contribution in [3.63, 3.8) is 0 Å². The van der Waals surface area contributed by atoms with Crippen molar-refractivity contribution >= 4 is 27.8 Å². The molecule has 106 valence electrons. The van der Waals surface area contributed by atoms with Crippen LogP contribution in [0.2, 0.25) is 0 Å². The lowest BCUT2D eigenvalue weighted by molar-refractivity contribution is 0.101. The summed E-state index contributed by atoms with van der Waals surface area (Å²) in [5.74, 6) is 1.04. The van der Waals surface area contributed by atoms with Gasteiger partial charge in [0.05, 0.1) is 12.7 Å². The number of aromatic hydroxyl groups is 1. The van der Waals surface area contributed by atoms with Gasteiger partial charge in [-0.15, -0.1) is 0 Å². The second-order valence-electron chi connectivity index (χ2n) is 4.51. The molecule has 1 aliphatic rings. The molecule has 2 aromatic carbocycles. The highest BCUT2D eigenvalue weighted by molar-refractivity contribution is 9.10. The molecule has 1 aliphatic heterocycles. The van der Waals surface area contributed by atoms with Crippen molar-refractivity contribution in [2.24, 2.45) is 0 Å². The Labute approximate surface area is 129 Å². The first-order valence-corrected chi connectivity index (χ1v) is 6.98. The van der Waals surface area contributed by atoms with Gasteiger partial charge in [0.15, 0.2) is 5.76 Å². The van der Waals surface area contributed by atoms with Crippen LogP contribution in [0.3, 0.4) is 0 Å². The first kappa shape index (κ1) is 13.7. The van der Waals surface area contributed by atoms with E-state index < -0.39 is 0 Å². The average molecular weight is 347 g/mol. The summed E-state index contributed by atoms with van der Waals surface area (Å²) in [5, 5.41) is 9.44. The van der Waals surface area contributed by atoms with E-state index in [2.05, 4.69) is 15.9 Å². The van der Waals surface area contributed by atoms with Gasteiger partial charge in [-0.1, -0.05) is 15.9 Å². The molecule has 0 aliphatic carbocycles. The Hall–Kier alpha value is -2.27. The van der Waals surface area contributed by atoms with Gasteiger partial charge in [0, 0.05) is 16.1 Å². The Bertz CT molecular complexity index is 765. The Morgan fingerprint density at radius 1 is 1.24 bits per heavy atom. The summed E-state index contributed by atoms with van der Waals surface area (Å²) in [6.07, 6.45) is 1.63. The Kier molecular flexibility index (Phi) is 3.43. The summed E-state index contributed by atoms with van der Waals surface area (Å²) in [7, 11) is 1.56. The Balaban J connectivity index is 2.03. The number of benzene rings is 2. The highest BCUT2D eigenvalue weighted by Gasteiger charge is 2.27. The predicted octanol–water partition coefficient (Wildman–Crippen LogP) is 3.78. The fourth-order valence-electron chi connectivity index (χ4n) is 2.13. The lowest BCUT2D eigenvalue weighted by Gasteiger charge is -2.06. The van der Waals surface area contributed by atoms with Crippen molar-refractivity contribution in [1.82, 2.24) is 0 Å². The highest BCUT2D eigenvalue weighted by atomic mass is 79.9. The van der Waals surface area contributed by atoms with E-state index in [1.807, 2.05) is 12.1 Å². The van der Waals surface area contributed by atoms with Gasteiger partial charge in [-0.05, 0) is 36.4 Å². The largest absolute Gasteiger partial charge is 0.508 e. The maximum atomic E-state index is 12.3. The minimum absolute atomic E-state index is 0.0582. The number of Topliss-reactive ketones (excluding diaryl/α,β-unsaturated/α-hetero) is 1. The van der Waals surface area contributed by atoms with Crippen LogP contribution in [0.5, 0.6) is 17.2 Å². The van der Waals surface area contributed by atoms with Gasteiger partial charge >= 0.3 is 0 Å². The smallest absolute Gasteiger partial charge is 0.231 e. The highest BCUT2D eigenvalue weighted by Crippen LogP contribution is 2.35. The SMILES string of the molecule is COc1ccc(Br)cc1/C=C1/Oc2cc(O)ccc2C1=O. The third-order valence-corrected chi connectivity index (χ3v) is 3.63. The van der Waals surface area contributed by atoms with Crippen molar-refractivity contribution in [3.8, 4) is 17.2 Å². The molecular formula is C16H11BrO4. The van der Waals surface area contributed by atoms with Crippen LogP contribution >= 0.6 is 15.9 Å².